The first kappa shape index (κ1) is 13.5. The molecule has 0 unspecified atom stereocenters. The predicted octanol–water partition coefficient (Wildman–Crippen LogP) is 5.39. The smallest absolute Gasteiger partial charge is 0.0656 e. The summed E-state index contributed by atoms with van der Waals surface area (Å²) in [6.07, 6.45) is 0. The van der Waals surface area contributed by atoms with Crippen molar-refractivity contribution in [1.82, 2.24) is 0 Å². The normalized spacial score (nSPS) is 10.4. The lowest BCUT2D eigenvalue weighted by Crippen LogP contribution is -1.96. The maximum atomic E-state index is 6.02. The fourth-order valence-electron chi connectivity index (χ4n) is 1.58. The Morgan fingerprint density at radius 3 is 2.56 bits per heavy atom. The number of rotatable bonds is 2. The van der Waals surface area contributed by atoms with Gasteiger partial charge in [0.05, 0.1) is 16.4 Å². The molecule has 2 rings (SSSR count). The average molecular weight is 346 g/mol. The second kappa shape index (κ2) is 5.39. The van der Waals surface area contributed by atoms with Crippen LogP contribution in [0.2, 0.25) is 10.0 Å². The highest BCUT2D eigenvalue weighted by atomic mass is 79.9. The van der Waals surface area contributed by atoms with Crippen LogP contribution in [0.3, 0.4) is 0 Å². The van der Waals surface area contributed by atoms with E-state index in [0.29, 0.717) is 15.7 Å². The quantitative estimate of drug-likeness (QED) is 0.716. The first-order valence-corrected chi connectivity index (χ1v) is 6.80. The highest BCUT2D eigenvalue weighted by Gasteiger charge is 2.06. The maximum absolute atomic E-state index is 6.02. The van der Waals surface area contributed by atoms with Crippen LogP contribution in [0.15, 0.2) is 34.8 Å². The van der Waals surface area contributed by atoms with Crippen LogP contribution in [0.25, 0.3) is 0 Å². The third-order valence-corrected chi connectivity index (χ3v) is 3.80. The fourth-order valence-corrected chi connectivity index (χ4v) is 2.26. The monoisotopic (exact) mass is 344 g/mol. The highest BCUT2D eigenvalue weighted by molar-refractivity contribution is 9.10. The molecule has 0 atom stereocenters. The average Bonchev–Trinajstić information content (AvgIpc) is 2.30. The lowest BCUT2D eigenvalue weighted by molar-refractivity contribution is 1.42. The number of hydrogen-bond acceptors (Lipinski definition) is 2. The summed E-state index contributed by atoms with van der Waals surface area (Å²) >= 11 is 15.5. The topological polar surface area (TPSA) is 38.0 Å². The highest BCUT2D eigenvalue weighted by Crippen LogP contribution is 2.33. The molecule has 0 radical (unpaired) electrons. The van der Waals surface area contributed by atoms with Gasteiger partial charge in [0, 0.05) is 15.2 Å². The van der Waals surface area contributed by atoms with Gasteiger partial charge in [-0.1, -0.05) is 23.2 Å². The van der Waals surface area contributed by atoms with E-state index in [0.717, 1.165) is 21.4 Å². The van der Waals surface area contributed by atoms with Gasteiger partial charge in [0.2, 0.25) is 0 Å². The largest absolute Gasteiger partial charge is 0.398 e. The van der Waals surface area contributed by atoms with E-state index < -0.39 is 0 Å². The van der Waals surface area contributed by atoms with Gasteiger partial charge in [-0.3, -0.25) is 0 Å². The van der Waals surface area contributed by atoms with E-state index in [1.807, 2.05) is 31.2 Å². The van der Waals surface area contributed by atoms with Gasteiger partial charge in [-0.15, -0.1) is 0 Å². The molecular formula is C13H11BrCl2N2. The van der Waals surface area contributed by atoms with Crippen molar-refractivity contribution in [2.75, 3.05) is 11.1 Å². The van der Waals surface area contributed by atoms with Crippen LogP contribution in [-0.2, 0) is 0 Å². The molecule has 0 amide bonds. The molecule has 94 valence electrons. The predicted molar refractivity (Wildman–Crippen MR) is 83.0 cm³/mol. The van der Waals surface area contributed by atoms with E-state index in [-0.39, 0.29) is 0 Å². The minimum absolute atomic E-state index is 0.529. The van der Waals surface area contributed by atoms with Crippen LogP contribution >= 0.6 is 39.1 Å². The summed E-state index contributed by atoms with van der Waals surface area (Å²) in [6, 6.07) is 9.19. The Labute approximate surface area is 124 Å². The molecule has 0 saturated carbocycles. The van der Waals surface area contributed by atoms with Gasteiger partial charge in [0.1, 0.15) is 0 Å². The van der Waals surface area contributed by atoms with E-state index in [4.69, 9.17) is 28.9 Å². The minimum atomic E-state index is 0.529. The van der Waals surface area contributed by atoms with Crippen molar-refractivity contribution >= 4 is 56.2 Å². The Kier molecular flexibility index (Phi) is 4.05. The molecule has 0 spiro atoms. The standard InChI is InChI=1S/C13H11BrCl2N2/c1-7-4-11(17)10(16)6-12(7)18-13-5-8(15)2-3-9(13)14/h2-6,18H,17H2,1H3. The summed E-state index contributed by atoms with van der Waals surface area (Å²) in [5.41, 5.74) is 9.12. The van der Waals surface area contributed by atoms with Crippen molar-refractivity contribution in [3.05, 3.63) is 50.4 Å². The van der Waals surface area contributed by atoms with Gasteiger partial charge in [-0.05, 0) is 58.7 Å². The first-order chi connectivity index (χ1) is 8.47. The molecule has 18 heavy (non-hydrogen) atoms. The molecular weight excluding hydrogens is 335 g/mol. The summed E-state index contributed by atoms with van der Waals surface area (Å²) in [5.74, 6) is 0. The second-order valence-electron chi connectivity index (χ2n) is 3.94. The number of benzene rings is 2. The number of nitrogen functional groups attached to an aromatic ring is 1. The number of nitrogens with one attached hydrogen (secondary N) is 1. The Morgan fingerprint density at radius 1 is 1.11 bits per heavy atom. The Morgan fingerprint density at radius 2 is 1.83 bits per heavy atom. The molecule has 2 nitrogen and oxygen atoms in total. The molecule has 0 aliphatic heterocycles. The summed E-state index contributed by atoms with van der Waals surface area (Å²) in [6.45, 7) is 1.97. The van der Waals surface area contributed by atoms with Crippen LogP contribution in [0, 0.1) is 6.92 Å². The van der Waals surface area contributed by atoms with Crippen molar-refractivity contribution in [1.29, 1.82) is 0 Å². The zero-order valence-electron chi connectivity index (χ0n) is 9.60. The van der Waals surface area contributed by atoms with Crippen LogP contribution < -0.4 is 11.1 Å². The molecule has 2 aromatic carbocycles. The lowest BCUT2D eigenvalue weighted by atomic mass is 10.1. The van der Waals surface area contributed by atoms with Gasteiger partial charge < -0.3 is 11.1 Å². The number of aryl methyl sites for hydroxylation is 1. The molecule has 0 aliphatic carbocycles. The lowest BCUT2D eigenvalue weighted by Gasteiger charge is -2.13. The van der Waals surface area contributed by atoms with Crippen LogP contribution in [0.1, 0.15) is 5.56 Å². The van der Waals surface area contributed by atoms with E-state index >= 15 is 0 Å². The van der Waals surface area contributed by atoms with Gasteiger partial charge in [0.15, 0.2) is 0 Å². The summed E-state index contributed by atoms with van der Waals surface area (Å²) in [7, 11) is 0. The van der Waals surface area contributed by atoms with Gasteiger partial charge in [-0.25, -0.2) is 0 Å². The van der Waals surface area contributed by atoms with Gasteiger partial charge >= 0.3 is 0 Å². The molecule has 0 fully saturated rings. The SMILES string of the molecule is Cc1cc(N)c(Cl)cc1Nc1cc(Cl)ccc1Br. The van der Waals surface area contributed by atoms with Crippen molar-refractivity contribution < 1.29 is 0 Å². The van der Waals surface area contributed by atoms with Gasteiger partial charge in [0.25, 0.3) is 0 Å². The van der Waals surface area contributed by atoms with Crippen LogP contribution in [-0.4, -0.2) is 0 Å². The molecule has 0 aliphatic rings. The maximum Gasteiger partial charge on any atom is 0.0656 e. The zero-order chi connectivity index (χ0) is 13.3. The van der Waals surface area contributed by atoms with E-state index in [2.05, 4.69) is 21.2 Å². The Balaban J connectivity index is 2.40. The van der Waals surface area contributed by atoms with E-state index in [1.54, 1.807) is 6.07 Å². The summed E-state index contributed by atoms with van der Waals surface area (Å²) < 4.78 is 0.930. The van der Waals surface area contributed by atoms with Crippen molar-refractivity contribution in [3.8, 4) is 0 Å². The third kappa shape index (κ3) is 2.91. The van der Waals surface area contributed by atoms with Crippen molar-refractivity contribution in [2.45, 2.75) is 6.92 Å². The molecule has 0 saturated heterocycles. The van der Waals surface area contributed by atoms with Crippen molar-refractivity contribution in [2.24, 2.45) is 0 Å². The first-order valence-electron chi connectivity index (χ1n) is 5.25. The molecule has 0 aromatic heterocycles. The van der Waals surface area contributed by atoms with E-state index in [9.17, 15) is 0 Å². The fraction of sp³-hybridized carbons (Fsp3) is 0.0769. The van der Waals surface area contributed by atoms with Crippen LogP contribution in [0.5, 0.6) is 0 Å². The third-order valence-electron chi connectivity index (χ3n) is 2.54. The molecule has 0 heterocycles. The molecule has 2 aromatic rings. The summed E-state index contributed by atoms with van der Waals surface area (Å²) in [5, 5.41) is 4.47. The molecule has 0 bridgehead atoms. The second-order valence-corrected chi connectivity index (χ2v) is 5.64. The molecule has 5 heteroatoms. The molecule has 3 N–H and O–H groups in total. The number of hydrogen-bond donors (Lipinski definition) is 2. The number of nitrogens with two attached hydrogens (primary N) is 1. The van der Waals surface area contributed by atoms with E-state index in [1.165, 1.54) is 0 Å². The van der Waals surface area contributed by atoms with Crippen molar-refractivity contribution in [3.63, 3.8) is 0 Å². The van der Waals surface area contributed by atoms with Gasteiger partial charge in [-0.2, -0.15) is 0 Å². The van der Waals surface area contributed by atoms with Crippen LogP contribution in [0.4, 0.5) is 17.1 Å². The Hall–Kier alpha value is -0.900. The Bertz CT molecular complexity index is 600. The summed E-state index contributed by atoms with van der Waals surface area (Å²) in [4.78, 5) is 0. The number of halogens is 3. The number of anilines is 3. The minimum Gasteiger partial charge on any atom is -0.398 e. The zero-order valence-corrected chi connectivity index (χ0v) is 12.7.